The van der Waals surface area contributed by atoms with Crippen molar-refractivity contribution < 1.29 is 4.74 Å². The molecule has 2 aromatic rings. The number of pyridine rings is 1. The first-order valence-corrected chi connectivity index (χ1v) is 8.69. The summed E-state index contributed by atoms with van der Waals surface area (Å²) in [6.07, 6.45) is 9.31. The lowest BCUT2D eigenvalue weighted by atomic mass is 9.93. The molecule has 0 bridgehead atoms. The summed E-state index contributed by atoms with van der Waals surface area (Å²) >= 11 is 0. The Balaban J connectivity index is 1.50. The molecule has 4 rings (SSSR count). The molecule has 1 N–H and O–H groups in total. The van der Waals surface area contributed by atoms with Gasteiger partial charge in [0.15, 0.2) is 0 Å². The van der Waals surface area contributed by atoms with Crippen LogP contribution in [0.5, 0.6) is 0 Å². The molecule has 1 atom stereocenters. The molecule has 0 spiro atoms. The Morgan fingerprint density at radius 2 is 2.04 bits per heavy atom. The molecule has 3 heterocycles. The Kier molecular flexibility index (Phi) is 4.66. The van der Waals surface area contributed by atoms with Crippen LogP contribution in [0.15, 0.2) is 36.8 Å². The van der Waals surface area contributed by atoms with Gasteiger partial charge in [-0.15, -0.1) is 0 Å². The van der Waals surface area contributed by atoms with Crippen LogP contribution in [0.4, 0.5) is 5.82 Å². The van der Waals surface area contributed by atoms with E-state index >= 15 is 0 Å². The van der Waals surface area contributed by atoms with Crippen molar-refractivity contribution in [3.8, 4) is 0 Å². The molecule has 2 aromatic heterocycles. The van der Waals surface area contributed by atoms with Gasteiger partial charge in [-0.25, -0.2) is 9.97 Å². The van der Waals surface area contributed by atoms with Crippen LogP contribution >= 0.6 is 0 Å². The van der Waals surface area contributed by atoms with Crippen LogP contribution < -0.4 is 5.32 Å². The van der Waals surface area contributed by atoms with Gasteiger partial charge in [0.1, 0.15) is 11.6 Å². The third kappa shape index (κ3) is 3.55. The quantitative estimate of drug-likeness (QED) is 0.911. The maximum atomic E-state index is 5.70. The van der Waals surface area contributed by atoms with Crippen molar-refractivity contribution in [2.45, 2.75) is 37.9 Å². The molecule has 1 unspecified atom stereocenters. The number of hydrogen-bond donors (Lipinski definition) is 1. The maximum absolute atomic E-state index is 5.70. The van der Waals surface area contributed by atoms with Crippen LogP contribution in [0.3, 0.4) is 0 Å². The van der Waals surface area contributed by atoms with Gasteiger partial charge in [0.2, 0.25) is 0 Å². The van der Waals surface area contributed by atoms with Crippen LogP contribution in [-0.4, -0.2) is 45.7 Å². The maximum Gasteiger partial charge on any atom is 0.150 e. The highest BCUT2D eigenvalue weighted by molar-refractivity contribution is 5.35. The molecule has 2 aliphatic rings. The van der Waals surface area contributed by atoms with Gasteiger partial charge in [0.05, 0.1) is 19.3 Å². The second kappa shape index (κ2) is 7.23. The standard InChI is InChI=1S/C18H23N5O/c1-2-15(3-1)21-17-6-9-20-18(22-17)16-13-24-11-10-23(16)12-14-4-7-19-8-5-14/h4-9,15-16H,1-3,10-13H2,(H,20,21,22). The zero-order valence-electron chi connectivity index (χ0n) is 13.8. The Hall–Kier alpha value is -2.05. The van der Waals surface area contributed by atoms with Crippen LogP contribution in [0.1, 0.15) is 36.7 Å². The molecule has 0 aromatic carbocycles. The minimum atomic E-state index is 0.0926. The Labute approximate surface area is 142 Å². The van der Waals surface area contributed by atoms with Gasteiger partial charge in [-0.1, -0.05) is 0 Å². The molecular formula is C18H23N5O. The van der Waals surface area contributed by atoms with E-state index in [2.05, 4.69) is 32.3 Å². The average Bonchev–Trinajstić information content (AvgIpc) is 2.60. The zero-order valence-corrected chi connectivity index (χ0v) is 13.8. The summed E-state index contributed by atoms with van der Waals surface area (Å²) in [7, 11) is 0. The van der Waals surface area contributed by atoms with Crippen molar-refractivity contribution in [3.05, 3.63) is 48.2 Å². The van der Waals surface area contributed by atoms with Crippen LogP contribution in [0.2, 0.25) is 0 Å². The summed E-state index contributed by atoms with van der Waals surface area (Å²) in [4.78, 5) is 15.8. The van der Waals surface area contributed by atoms with E-state index in [4.69, 9.17) is 9.72 Å². The minimum Gasteiger partial charge on any atom is -0.378 e. The fourth-order valence-electron chi connectivity index (χ4n) is 3.16. The van der Waals surface area contributed by atoms with Gasteiger partial charge in [0.25, 0.3) is 0 Å². The van der Waals surface area contributed by atoms with E-state index < -0.39 is 0 Å². The molecular weight excluding hydrogens is 302 g/mol. The van der Waals surface area contributed by atoms with Crippen LogP contribution in [0, 0.1) is 0 Å². The summed E-state index contributed by atoms with van der Waals surface area (Å²) in [6.45, 7) is 3.14. The number of aromatic nitrogens is 3. The fraction of sp³-hybridized carbons (Fsp3) is 0.500. The lowest BCUT2D eigenvalue weighted by molar-refractivity contribution is -0.0159. The van der Waals surface area contributed by atoms with E-state index in [0.717, 1.165) is 31.3 Å². The Morgan fingerprint density at radius 1 is 1.17 bits per heavy atom. The first-order valence-electron chi connectivity index (χ1n) is 8.69. The molecule has 1 saturated heterocycles. The van der Waals surface area contributed by atoms with Crippen molar-refractivity contribution in [2.75, 3.05) is 25.1 Å². The molecule has 126 valence electrons. The minimum absolute atomic E-state index is 0.0926. The lowest BCUT2D eigenvalue weighted by Crippen LogP contribution is -2.40. The molecule has 6 heteroatoms. The largest absolute Gasteiger partial charge is 0.378 e. The average molecular weight is 325 g/mol. The number of nitrogens with zero attached hydrogens (tertiary/aromatic N) is 4. The van der Waals surface area contributed by atoms with E-state index in [9.17, 15) is 0 Å². The predicted molar refractivity (Wildman–Crippen MR) is 91.5 cm³/mol. The zero-order chi connectivity index (χ0) is 16.2. The van der Waals surface area contributed by atoms with Crippen LogP contribution in [-0.2, 0) is 11.3 Å². The number of rotatable bonds is 5. The van der Waals surface area contributed by atoms with E-state index in [1.165, 1.54) is 24.8 Å². The third-order valence-electron chi connectivity index (χ3n) is 4.80. The molecule has 2 fully saturated rings. The number of ether oxygens (including phenoxy) is 1. The summed E-state index contributed by atoms with van der Waals surface area (Å²) in [6, 6.07) is 6.74. The second-order valence-electron chi connectivity index (χ2n) is 6.49. The second-order valence-corrected chi connectivity index (χ2v) is 6.49. The number of morpholine rings is 1. The van der Waals surface area contributed by atoms with Gasteiger partial charge in [-0.3, -0.25) is 9.88 Å². The molecule has 0 radical (unpaired) electrons. The smallest absolute Gasteiger partial charge is 0.150 e. The molecule has 1 saturated carbocycles. The van der Waals surface area contributed by atoms with Crippen LogP contribution in [0.25, 0.3) is 0 Å². The topological polar surface area (TPSA) is 63.2 Å². The highest BCUT2D eigenvalue weighted by atomic mass is 16.5. The monoisotopic (exact) mass is 325 g/mol. The van der Waals surface area contributed by atoms with E-state index in [1.54, 1.807) is 0 Å². The van der Waals surface area contributed by atoms with Gasteiger partial charge in [-0.2, -0.15) is 0 Å². The van der Waals surface area contributed by atoms with Crippen molar-refractivity contribution in [3.63, 3.8) is 0 Å². The van der Waals surface area contributed by atoms with Crippen molar-refractivity contribution in [2.24, 2.45) is 0 Å². The van der Waals surface area contributed by atoms with Crippen molar-refractivity contribution >= 4 is 5.82 Å². The molecule has 6 nitrogen and oxygen atoms in total. The first kappa shape index (κ1) is 15.5. The summed E-state index contributed by atoms with van der Waals surface area (Å²) in [5, 5.41) is 3.50. The number of hydrogen-bond acceptors (Lipinski definition) is 6. The fourth-order valence-corrected chi connectivity index (χ4v) is 3.16. The van der Waals surface area contributed by atoms with Gasteiger partial charge in [-0.05, 0) is 43.0 Å². The molecule has 1 aliphatic heterocycles. The highest BCUT2D eigenvalue weighted by Crippen LogP contribution is 2.26. The highest BCUT2D eigenvalue weighted by Gasteiger charge is 2.27. The van der Waals surface area contributed by atoms with Gasteiger partial charge >= 0.3 is 0 Å². The van der Waals surface area contributed by atoms with Crippen molar-refractivity contribution in [1.82, 2.24) is 19.9 Å². The lowest BCUT2D eigenvalue weighted by Gasteiger charge is -2.34. The third-order valence-corrected chi connectivity index (χ3v) is 4.80. The summed E-state index contributed by atoms with van der Waals surface area (Å²) in [5.41, 5.74) is 1.25. The van der Waals surface area contributed by atoms with E-state index in [0.29, 0.717) is 12.6 Å². The molecule has 1 aliphatic carbocycles. The van der Waals surface area contributed by atoms with Crippen molar-refractivity contribution in [1.29, 1.82) is 0 Å². The van der Waals surface area contributed by atoms with E-state index in [1.807, 2.05) is 24.7 Å². The normalized spacial score (nSPS) is 22.1. The number of nitrogens with one attached hydrogen (secondary N) is 1. The predicted octanol–water partition coefficient (Wildman–Crippen LogP) is 2.41. The van der Waals surface area contributed by atoms with E-state index in [-0.39, 0.29) is 6.04 Å². The number of anilines is 1. The summed E-state index contributed by atoms with van der Waals surface area (Å²) < 4.78 is 5.70. The molecule has 0 amide bonds. The van der Waals surface area contributed by atoms with Gasteiger partial charge in [0, 0.05) is 37.7 Å². The molecule has 24 heavy (non-hydrogen) atoms. The SMILES string of the molecule is c1cc(CN2CCOCC2c2nccc(NC3CCC3)n2)ccn1. The summed E-state index contributed by atoms with van der Waals surface area (Å²) in [5.74, 6) is 1.77. The van der Waals surface area contributed by atoms with Gasteiger partial charge < -0.3 is 10.1 Å². The Morgan fingerprint density at radius 3 is 2.83 bits per heavy atom. The Bertz CT molecular complexity index is 661. The first-order chi connectivity index (χ1) is 11.9.